The van der Waals surface area contributed by atoms with E-state index in [2.05, 4.69) is 19.2 Å². The number of carbonyl (C=O) groups excluding carboxylic acids is 1. The number of ether oxygens (including phenoxy) is 1. The topological polar surface area (TPSA) is 38.3 Å². The monoisotopic (exact) mass is 291 g/mol. The van der Waals surface area contributed by atoms with Crippen molar-refractivity contribution in [3.8, 4) is 5.75 Å². The maximum atomic E-state index is 11.9. The SMILES string of the molecule is CCCCC(CC)CNC(=O)COc1c(C)cccc1C. The summed E-state index contributed by atoms with van der Waals surface area (Å²) >= 11 is 0. The summed E-state index contributed by atoms with van der Waals surface area (Å²) in [5.41, 5.74) is 2.13. The van der Waals surface area contributed by atoms with Gasteiger partial charge in [0.1, 0.15) is 5.75 Å². The highest BCUT2D eigenvalue weighted by Crippen LogP contribution is 2.22. The molecule has 0 saturated heterocycles. The highest BCUT2D eigenvalue weighted by atomic mass is 16.5. The minimum Gasteiger partial charge on any atom is -0.483 e. The van der Waals surface area contributed by atoms with Crippen molar-refractivity contribution in [2.45, 2.75) is 53.4 Å². The first-order valence-corrected chi connectivity index (χ1v) is 8.04. The minimum atomic E-state index is -0.0346. The van der Waals surface area contributed by atoms with Crippen LogP contribution in [0.15, 0.2) is 18.2 Å². The molecule has 0 spiro atoms. The highest BCUT2D eigenvalue weighted by Gasteiger charge is 2.10. The van der Waals surface area contributed by atoms with Gasteiger partial charge >= 0.3 is 0 Å². The van der Waals surface area contributed by atoms with E-state index in [4.69, 9.17) is 4.74 Å². The molecule has 3 heteroatoms. The Morgan fingerprint density at radius 2 is 1.90 bits per heavy atom. The van der Waals surface area contributed by atoms with Gasteiger partial charge in [0.25, 0.3) is 5.91 Å². The van der Waals surface area contributed by atoms with E-state index in [0.717, 1.165) is 29.8 Å². The lowest BCUT2D eigenvalue weighted by Gasteiger charge is -2.16. The summed E-state index contributed by atoms with van der Waals surface area (Å²) in [4.78, 5) is 11.9. The number of hydrogen-bond donors (Lipinski definition) is 1. The van der Waals surface area contributed by atoms with Crippen LogP contribution in [0, 0.1) is 19.8 Å². The zero-order chi connectivity index (χ0) is 15.7. The van der Waals surface area contributed by atoms with E-state index in [9.17, 15) is 4.79 Å². The number of hydrogen-bond acceptors (Lipinski definition) is 2. The van der Waals surface area contributed by atoms with E-state index >= 15 is 0 Å². The molecule has 1 atom stereocenters. The molecule has 0 aliphatic heterocycles. The van der Waals surface area contributed by atoms with Crippen LogP contribution in [0.25, 0.3) is 0 Å². The minimum absolute atomic E-state index is 0.0346. The molecule has 0 radical (unpaired) electrons. The summed E-state index contributed by atoms with van der Waals surface area (Å²) in [6.07, 6.45) is 4.73. The molecule has 118 valence electrons. The first-order valence-electron chi connectivity index (χ1n) is 8.04. The second-order valence-corrected chi connectivity index (χ2v) is 5.73. The van der Waals surface area contributed by atoms with Crippen LogP contribution in [0.3, 0.4) is 0 Å². The fourth-order valence-electron chi connectivity index (χ4n) is 2.42. The fraction of sp³-hybridized carbons (Fsp3) is 0.611. The quantitative estimate of drug-likeness (QED) is 0.746. The van der Waals surface area contributed by atoms with Crippen LogP contribution in [0.2, 0.25) is 0 Å². The largest absolute Gasteiger partial charge is 0.483 e. The molecule has 1 unspecified atom stereocenters. The summed E-state index contributed by atoms with van der Waals surface area (Å²) in [7, 11) is 0. The Balaban J connectivity index is 2.37. The van der Waals surface area contributed by atoms with E-state index in [0.29, 0.717) is 5.92 Å². The van der Waals surface area contributed by atoms with Crippen LogP contribution in [-0.4, -0.2) is 19.1 Å². The van der Waals surface area contributed by atoms with Gasteiger partial charge in [-0.15, -0.1) is 0 Å². The van der Waals surface area contributed by atoms with Crippen molar-refractivity contribution in [3.63, 3.8) is 0 Å². The molecule has 0 aromatic heterocycles. The lowest BCUT2D eigenvalue weighted by Crippen LogP contribution is -2.33. The van der Waals surface area contributed by atoms with Gasteiger partial charge in [0.2, 0.25) is 0 Å². The van der Waals surface area contributed by atoms with Crippen molar-refractivity contribution in [2.75, 3.05) is 13.2 Å². The van der Waals surface area contributed by atoms with Crippen LogP contribution in [-0.2, 0) is 4.79 Å². The van der Waals surface area contributed by atoms with Crippen molar-refractivity contribution in [2.24, 2.45) is 5.92 Å². The average molecular weight is 291 g/mol. The van der Waals surface area contributed by atoms with Gasteiger partial charge in [-0.05, 0) is 37.3 Å². The van der Waals surface area contributed by atoms with Gasteiger partial charge < -0.3 is 10.1 Å². The molecule has 1 amide bonds. The van der Waals surface area contributed by atoms with E-state index in [-0.39, 0.29) is 12.5 Å². The molecule has 3 nitrogen and oxygen atoms in total. The van der Waals surface area contributed by atoms with Crippen LogP contribution < -0.4 is 10.1 Å². The third-order valence-corrected chi connectivity index (χ3v) is 3.89. The first-order chi connectivity index (χ1) is 10.1. The Hall–Kier alpha value is -1.51. The molecule has 0 fully saturated rings. The van der Waals surface area contributed by atoms with E-state index in [1.54, 1.807) is 0 Å². The van der Waals surface area contributed by atoms with E-state index < -0.39 is 0 Å². The van der Waals surface area contributed by atoms with Crippen molar-refractivity contribution >= 4 is 5.91 Å². The predicted molar refractivity (Wildman–Crippen MR) is 87.7 cm³/mol. The highest BCUT2D eigenvalue weighted by molar-refractivity contribution is 5.77. The van der Waals surface area contributed by atoms with Gasteiger partial charge in [-0.2, -0.15) is 0 Å². The molecule has 0 aliphatic carbocycles. The lowest BCUT2D eigenvalue weighted by molar-refractivity contribution is -0.123. The normalized spacial score (nSPS) is 12.0. The zero-order valence-corrected chi connectivity index (χ0v) is 13.9. The number of benzene rings is 1. The maximum Gasteiger partial charge on any atom is 0.257 e. The first kappa shape index (κ1) is 17.5. The number of nitrogens with one attached hydrogen (secondary N) is 1. The summed E-state index contributed by atoms with van der Waals surface area (Å²) < 4.78 is 5.66. The van der Waals surface area contributed by atoms with E-state index in [1.807, 2.05) is 32.0 Å². The molecule has 1 aromatic carbocycles. The molecule has 1 aromatic rings. The van der Waals surface area contributed by atoms with Gasteiger partial charge in [0.05, 0.1) is 0 Å². The maximum absolute atomic E-state index is 11.9. The van der Waals surface area contributed by atoms with Crippen molar-refractivity contribution in [3.05, 3.63) is 29.3 Å². The van der Waals surface area contributed by atoms with Crippen LogP contribution in [0.1, 0.15) is 50.7 Å². The Bertz CT molecular complexity index is 423. The van der Waals surface area contributed by atoms with Crippen LogP contribution in [0.5, 0.6) is 5.75 Å². The van der Waals surface area contributed by atoms with Gasteiger partial charge in [-0.3, -0.25) is 4.79 Å². The number of unbranched alkanes of at least 4 members (excludes halogenated alkanes) is 1. The van der Waals surface area contributed by atoms with Gasteiger partial charge in [-0.1, -0.05) is 51.3 Å². The zero-order valence-electron chi connectivity index (χ0n) is 13.9. The van der Waals surface area contributed by atoms with Crippen molar-refractivity contribution < 1.29 is 9.53 Å². The van der Waals surface area contributed by atoms with Crippen LogP contribution >= 0.6 is 0 Å². The summed E-state index contributed by atoms with van der Waals surface area (Å²) in [6, 6.07) is 5.99. The number of rotatable bonds is 9. The summed E-state index contributed by atoms with van der Waals surface area (Å²) in [5, 5.41) is 2.99. The smallest absolute Gasteiger partial charge is 0.257 e. The Labute approximate surface area is 129 Å². The van der Waals surface area contributed by atoms with Crippen molar-refractivity contribution in [1.29, 1.82) is 0 Å². The molecule has 0 bridgehead atoms. The summed E-state index contributed by atoms with van der Waals surface area (Å²) in [6.45, 7) is 9.22. The number of carbonyl (C=O) groups is 1. The molecular formula is C18H29NO2. The second kappa shape index (κ2) is 9.43. The molecule has 1 rings (SSSR count). The Morgan fingerprint density at radius 1 is 1.24 bits per heavy atom. The lowest BCUT2D eigenvalue weighted by atomic mass is 9.99. The summed E-state index contributed by atoms with van der Waals surface area (Å²) in [5.74, 6) is 1.37. The van der Waals surface area contributed by atoms with Gasteiger partial charge in [0.15, 0.2) is 6.61 Å². The van der Waals surface area contributed by atoms with Gasteiger partial charge in [0, 0.05) is 6.54 Å². The number of para-hydroxylation sites is 1. The van der Waals surface area contributed by atoms with Crippen molar-refractivity contribution in [1.82, 2.24) is 5.32 Å². The van der Waals surface area contributed by atoms with E-state index in [1.165, 1.54) is 19.3 Å². The standard InChI is InChI=1S/C18H29NO2/c1-5-7-11-16(6-2)12-19-17(20)13-21-18-14(3)9-8-10-15(18)4/h8-10,16H,5-7,11-13H2,1-4H3,(H,19,20). The number of aryl methyl sites for hydroxylation is 2. The molecule has 1 N–H and O–H groups in total. The third kappa shape index (κ3) is 6.19. The fourth-order valence-corrected chi connectivity index (χ4v) is 2.42. The molecular weight excluding hydrogens is 262 g/mol. The second-order valence-electron chi connectivity index (χ2n) is 5.73. The molecule has 0 heterocycles. The molecule has 21 heavy (non-hydrogen) atoms. The average Bonchev–Trinajstić information content (AvgIpc) is 2.47. The Kier molecular flexibility index (Phi) is 7.88. The Morgan fingerprint density at radius 3 is 2.48 bits per heavy atom. The molecule has 0 saturated carbocycles. The van der Waals surface area contributed by atoms with Gasteiger partial charge in [-0.25, -0.2) is 0 Å². The third-order valence-electron chi connectivity index (χ3n) is 3.89. The number of amides is 1. The van der Waals surface area contributed by atoms with Crippen LogP contribution in [0.4, 0.5) is 0 Å². The predicted octanol–water partition coefficient (Wildman–Crippen LogP) is 4.01. The molecule has 0 aliphatic rings.